The Morgan fingerprint density at radius 1 is 1.27 bits per heavy atom. The van der Waals surface area contributed by atoms with E-state index in [2.05, 4.69) is 28.8 Å². The van der Waals surface area contributed by atoms with Gasteiger partial charge in [0.25, 0.3) is 0 Å². The fourth-order valence-electron chi connectivity index (χ4n) is 2.44. The van der Waals surface area contributed by atoms with Crippen molar-refractivity contribution in [3.63, 3.8) is 0 Å². The molecule has 0 unspecified atom stereocenters. The van der Waals surface area contributed by atoms with Crippen molar-refractivity contribution >= 4 is 5.69 Å². The second kappa shape index (κ2) is 3.83. The minimum absolute atomic E-state index is 0.244. The summed E-state index contributed by atoms with van der Waals surface area (Å²) >= 11 is 0. The summed E-state index contributed by atoms with van der Waals surface area (Å²) in [5.74, 6) is 0. The monoisotopic (exact) mass is 204 g/mol. The van der Waals surface area contributed by atoms with E-state index in [9.17, 15) is 0 Å². The predicted octanol–water partition coefficient (Wildman–Crippen LogP) is 1.32. The Bertz CT molecular complexity index is 359. The van der Waals surface area contributed by atoms with Gasteiger partial charge in [-0.25, -0.2) is 0 Å². The molecule has 2 aliphatic heterocycles. The highest BCUT2D eigenvalue weighted by Gasteiger charge is 2.22. The number of hydrogen-bond acceptors (Lipinski definition) is 3. The maximum Gasteiger partial charge on any atom is 0.0953 e. The molecule has 3 nitrogen and oxygen atoms in total. The van der Waals surface area contributed by atoms with Gasteiger partial charge in [-0.2, -0.15) is 0 Å². The van der Waals surface area contributed by atoms with E-state index >= 15 is 0 Å². The SMILES string of the molecule is c1cc2c(c([C@H]3CNCCO3)c1)CCN2. The topological polar surface area (TPSA) is 33.3 Å². The molecule has 0 amide bonds. The summed E-state index contributed by atoms with van der Waals surface area (Å²) in [6.07, 6.45) is 1.37. The number of fused-ring (bicyclic) bond motifs is 1. The van der Waals surface area contributed by atoms with E-state index in [4.69, 9.17) is 4.74 Å². The Morgan fingerprint density at radius 3 is 3.13 bits per heavy atom. The van der Waals surface area contributed by atoms with E-state index in [-0.39, 0.29) is 6.10 Å². The minimum Gasteiger partial charge on any atom is -0.384 e. The first kappa shape index (κ1) is 9.19. The highest BCUT2D eigenvalue weighted by Crippen LogP contribution is 2.31. The van der Waals surface area contributed by atoms with Gasteiger partial charge in [0.05, 0.1) is 12.7 Å². The molecule has 2 heterocycles. The average Bonchev–Trinajstić information content (AvgIpc) is 2.78. The summed E-state index contributed by atoms with van der Waals surface area (Å²) in [5, 5.41) is 6.78. The van der Waals surface area contributed by atoms with Crippen LogP contribution in [0.25, 0.3) is 0 Å². The molecule has 1 fully saturated rings. The van der Waals surface area contributed by atoms with Crippen molar-refractivity contribution in [3.05, 3.63) is 29.3 Å². The number of morpholine rings is 1. The number of hydrogen-bond donors (Lipinski definition) is 2. The van der Waals surface area contributed by atoms with Crippen LogP contribution in [0.3, 0.4) is 0 Å². The van der Waals surface area contributed by atoms with Gasteiger partial charge < -0.3 is 15.4 Å². The van der Waals surface area contributed by atoms with Crippen LogP contribution in [0, 0.1) is 0 Å². The molecule has 0 aliphatic carbocycles. The van der Waals surface area contributed by atoms with Crippen molar-refractivity contribution in [1.82, 2.24) is 5.32 Å². The molecule has 1 atom stereocenters. The van der Waals surface area contributed by atoms with Crippen LogP contribution in [-0.2, 0) is 11.2 Å². The summed E-state index contributed by atoms with van der Waals surface area (Å²) in [5.41, 5.74) is 4.11. The summed E-state index contributed by atoms with van der Waals surface area (Å²) in [7, 11) is 0. The molecule has 0 spiro atoms. The van der Waals surface area contributed by atoms with Crippen LogP contribution >= 0.6 is 0 Å². The summed E-state index contributed by atoms with van der Waals surface area (Å²) in [6, 6.07) is 6.47. The van der Waals surface area contributed by atoms with Gasteiger partial charge in [0.1, 0.15) is 0 Å². The third kappa shape index (κ3) is 1.62. The summed E-state index contributed by atoms with van der Waals surface area (Å²) in [6.45, 7) is 3.80. The number of rotatable bonds is 1. The summed E-state index contributed by atoms with van der Waals surface area (Å²) in [4.78, 5) is 0. The fourth-order valence-corrected chi connectivity index (χ4v) is 2.44. The molecule has 1 aromatic rings. The van der Waals surface area contributed by atoms with Crippen molar-refractivity contribution in [1.29, 1.82) is 0 Å². The van der Waals surface area contributed by atoms with E-state index in [0.29, 0.717) is 0 Å². The van der Waals surface area contributed by atoms with Gasteiger partial charge in [-0.1, -0.05) is 12.1 Å². The van der Waals surface area contributed by atoms with Crippen molar-refractivity contribution in [3.8, 4) is 0 Å². The quantitative estimate of drug-likeness (QED) is 0.723. The predicted molar refractivity (Wildman–Crippen MR) is 60.2 cm³/mol. The lowest BCUT2D eigenvalue weighted by molar-refractivity contribution is 0.0273. The number of nitrogens with one attached hydrogen (secondary N) is 2. The molecule has 0 bridgehead atoms. The number of ether oxygens (including phenoxy) is 1. The van der Waals surface area contributed by atoms with Gasteiger partial charge in [0.2, 0.25) is 0 Å². The molecular weight excluding hydrogens is 188 g/mol. The van der Waals surface area contributed by atoms with Crippen molar-refractivity contribution < 1.29 is 4.74 Å². The Balaban J connectivity index is 1.93. The molecule has 15 heavy (non-hydrogen) atoms. The molecule has 80 valence electrons. The standard InChI is InChI=1S/C12H16N2O/c1-2-10(12-8-13-6-7-15-12)9-4-5-14-11(9)3-1/h1-3,12-14H,4-8H2/t12-/m1/s1. The van der Waals surface area contributed by atoms with Crippen molar-refractivity contribution in [2.45, 2.75) is 12.5 Å². The first-order chi connectivity index (χ1) is 7.45. The second-order valence-corrected chi connectivity index (χ2v) is 4.11. The zero-order valence-corrected chi connectivity index (χ0v) is 8.75. The Morgan fingerprint density at radius 2 is 2.27 bits per heavy atom. The van der Waals surface area contributed by atoms with Crippen LogP contribution in [0.2, 0.25) is 0 Å². The van der Waals surface area contributed by atoms with Crippen molar-refractivity contribution in [2.75, 3.05) is 31.6 Å². The molecule has 0 radical (unpaired) electrons. The first-order valence-corrected chi connectivity index (χ1v) is 5.63. The first-order valence-electron chi connectivity index (χ1n) is 5.63. The highest BCUT2D eigenvalue weighted by molar-refractivity contribution is 5.59. The normalized spacial score (nSPS) is 24.7. The van der Waals surface area contributed by atoms with Gasteiger partial charge in [0.15, 0.2) is 0 Å². The molecule has 2 aliphatic rings. The fraction of sp³-hybridized carbons (Fsp3) is 0.500. The molecule has 2 N–H and O–H groups in total. The smallest absolute Gasteiger partial charge is 0.0953 e. The van der Waals surface area contributed by atoms with Crippen LogP contribution in [0.15, 0.2) is 18.2 Å². The molecular formula is C12H16N2O. The lowest BCUT2D eigenvalue weighted by atomic mass is 9.99. The zero-order chi connectivity index (χ0) is 10.1. The number of anilines is 1. The van der Waals surface area contributed by atoms with E-state index in [1.807, 2.05) is 0 Å². The average molecular weight is 204 g/mol. The maximum absolute atomic E-state index is 5.80. The van der Waals surface area contributed by atoms with Gasteiger partial charge in [-0.15, -0.1) is 0 Å². The Kier molecular flexibility index (Phi) is 2.35. The van der Waals surface area contributed by atoms with E-state index in [1.54, 1.807) is 0 Å². The largest absolute Gasteiger partial charge is 0.384 e. The highest BCUT2D eigenvalue weighted by atomic mass is 16.5. The Labute approximate surface area is 89.8 Å². The van der Waals surface area contributed by atoms with Crippen LogP contribution in [-0.4, -0.2) is 26.2 Å². The van der Waals surface area contributed by atoms with E-state index < -0.39 is 0 Å². The molecule has 0 saturated carbocycles. The third-order valence-corrected chi connectivity index (χ3v) is 3.18. The summed E-state index contributed by atoms with van der Waals surface area (Å²) < 4.78 is 5.80. The lowest BCUT2D eigenvalue weighted by Gasteiger charge is -2.25. The van der Waals surface area contributed by atoms with Crippen LogP contribution in [0.1, 0.15) is 17.2 Å². The second-order valence-electron chi connectivity index (χ2n) is 4.11. The van der Waals surface area contributed by atoms with Crippen molar-refractivity contribution in [2.24, 2.45) is 0 Å². The van der Waals surface area contributed by atoms with Crippen LogP contribution in [0.5, 0.6) is 0 Å². The van der Waals surface area contributed by atoms with E-state index in [0.717, 1.165) is 32.7 Å². The van der Waals surface area contributed by atoms with Crippen LogP contribution < -0.4 is 10.6 Å². The molecule has 1 aromatic carbocycles. The van der Waals surface area contributed by atoms with Gasteiger partial charge in [-0.3, -0.25) is 0 Å². The van der Waals surface area contributed by atoms with Crippen LogP contribution in [0.4, 0.5) is 5.69 Å². The molecule has 3 rings (SSSR count). The lowest BCUT2D eigenvalue weighted by Crippen LogP contribution is -2.33. The third-order valence-electron chi connectivity index (χ3n) is 3.18. The molecule has 3 heteroatoms. The Hall–Kier alpha value is -1.06. The number of benzene rings is 1. The minimum atomic E-state index is 0.244. The maximum atomic E-state index is 5.80. The van der Waals surface area contributed by atoms with Gasteiger partial charge in [-0.05, 0) is 23.6 Å². The van der Waals surface area contributed by atoms with Gasteiger partial charge in [0, 0.05) is 25.3 Å². The van der Waals surface area contributed by atoms with E-state index in [1.165, 1.54) is 16.8 Å². The van der Waals surface area contributed by atoms with Gasteiger partial charge >= 0.3 is 0 Å². The molecule has 1 saturated heterocycles. The molecule has 0 aromatic heterocycles. The zero-order valence-electron chi connectivity index (χ0n) is 8.75.